The van der Waals surface area contributed by atoms with Crippen LogP contribution in [0.1, 0.15) is 36.7 Å². The van der Waals surface area contributed by atoms with Gasteiger partial charge in [-0.25, -0.2) is 14.4 Å². The summed E-state index contributed by atoms with van der Waals surface area (Å²) in [5, 5.41) is 16.9. The minimum atomic E-state index is -1.08. The average molecular weight is 502 g/mol. The lowest BCUT2D eigenvalue weighted by atomic mass is 10.0. The first-order valence-corrected chi connectivity index (χ1v) is 11.1. The predicted molar refractivity (Wildman–Crippen MR) is 132 cm³/mol. The SMILES string of the molecule is COCCOC(=O)Nc1ccc(C[C@H](NC(=O)OC(C)(C)C)C(=O)Nc2ccc(C(=O)O)cc2)cc1. The lowest BCUT2D eigenvalue weighted by Crippen LogP contribution is -2.47. The number of benzene rings is 2. The van der Waals surface area contributed by atoms with Crippen LogP contribution < -0.4 is 16.0 Å². The zero-order chi connectivity index (χ0) is 26.7. The Bertz CT molecular complexity index is 1050. The number of carboxylic acids is 1. The van der Waals surface area contributed by atoms with Crippen molar-refractivity contribution in [2.75, 3.05) is 31.0 Å². The fourth-order valence-electron chi connectivity index (χ4n) is 2.92. The second-order valence-electron chi connectivity index (χ2n) is 8.73. The standard InChI is InChI=1S/C25H31N3O8/c1-25(2,3)36-24(33)28-20(21(29)26-18-11-7-17(8-12-18)22(30)31)15-16-5-9-19(10-6-16)27-23(32)35-14-13-34-4/h5-12,20H,13-15H2,1-4H3,(H,26,29)(H,27,32)(H,28,33)(H,30,31)/t20-/m0/s1. The topological polar surface area (TPSA) is 152 Å². The number of alkyl carbamates (subject to hydrolysis) is 1. The minimum Gasteiger partial charge on any atom is -0.478 e. The van der Waals surface area contributed by atoms with Crippen LogP contribution in [-0.2, 0) is 25.4 Å². The number of carbonyl (C=O) groups is 4. The van der Waals surface area contributed by atoms with Crippen molar-refractivity contribution in [1.29, 1.82) is 0 Å². The van der Waals surface area contributed by atoms with Crippen LogP contribution in [0.5, 0.6) is 0 Å². The van der Waals surface area contributed by atoms with E-state index in [2.05, 4.69) is 16.0 Å². The molecule has 11 nitrogen and oxygen atoms in total. The first-order chi connectivity index (χ1) is 17.0. The van der Waals surface area contributed by atoms with Crippen molar-refractivity contribution in [2.45, 2.75) is 38.8 Å². The highest BCUT2D eigenvalue weighted by atomic mass is 16.6. The third-order valence-electron chi connectivity index (χ3n) is 4.57. The zero-order valence-electron chi connectivity index (χ0n) is 20.6. The number of anilines is 2. The van der Waals surface area contributed by atoms with Crippen molar-refractivity contribution in [1.82, 2.24) is 5.32 Å². The van der Waals surface area contributed by atoms with Crippen molar-refractivity contribution in [2.24, 2.45) is 0 Å². The molecule has 0 fully saturated rings. The van der Waals surface area contributed by atoms with E-state index in [0.29, 0.717) is 16.9 Å². The molecule has 4 N–H and O–H groups in total. The molecule has 0 aliphatic heterocycles. The number of nitrogens with one attached hydrogen (secondary N) is 3. The monoisotopic (exact) mass is 501 g/mol. The molecule has 3 amide bonds. The smallest absolute Gasteiger partial charge is 0.411 e. The van der Waals surface area contributed by atoms with Gasteiger partial charge in [-0.1, -0.05) is 12.1 Å². The number of methoxy groups -OCH3 is 1. The molecular formula is C25H31N3O8. The van der Waals surface area contributed by atoms with E-state index in [9.17, 15) is 19.2 Å². The van der Waals surface area contributed by atoms with Crippen molar-refractivity contribution < 1.29 is 38.5 Å². The van der Waals surface area contributed by atoms with Gasteiger partial charge < -0.3 is 30.0 Å². The molecule has 2 aromatic rings. The molecule has 2 aromatic carbocycles. The summed E-state index contributed by atoms with van der Waals surface area (Å²) in [6.45, 7) is 5.52. The van der Waals surface area contributed by atoms with Crippen molar-refractivity contribution >= 4 is 35.4 Å². The highest BCUT2D eigenvalue weighted by Crippen LogP contribution is 2.15. The van der Waals surface area contributed by atoms with E-state index in [4.69, 9.17) is 19.3 Å². The third kappa shape index (κ3) is 10.0. The van der Waals surface area contributed by atoms with Crippen LogP contribution in [0, 0.1) is 0 Å². The van der Waals surface area contributed by atoms with Gasteiger partial charge in [0.1, 0.15) is 18.2 Å². The normalized spacial score (nSPS) is 11.7. The molecule has 2 rings (SSSR count). The molecule has 36 heavy (non-hydrogen) atoms. The van der Waals surface area contributed by atoms with Crippen molar-refractivity contribution in [3.05, 3.63) is 59.7 Å². The maximum atomic E-state index is 13.0. The van der Waals surface area contributed by atoms with Gasteiger partial charge in [0.25, 0.3) is 0 Å². The van der Waals surface area contributed by atoms with E-state index in [1.165, 1.54) is 31.4 Å². The molecule has 0 aliphatic rings. The van der Waals surface area contributed by atoms with E-state index in [1.807, 2.05) is 0 Å². The molecule has 194 valence electrons. The van der Waals surface area contributed by atoms with Crippen LogP contribution in [0.25, 0.3) is 0 Å². The van der Waals surface area contributed by atoms with Gasteiger partial charge in [-0.15, -0.1) is 0 Å². The van der Waals surface area contributed by atoms with Crippen LogP contribution in [0.15, 0.2) is 48.5 Å². The highest BCUT2D eigenvalue weighted by molar-refractivity contribution is 5.97. The first kappa shape index (κ1) is 28.1. The van der Waals surface area contributed by atoms with E-state index < -0.39 is 35.7 Å². The van der Waals surface area contributed by atoms with Crippen molar-refractivity contribution in [3.63, 3.8) is 0 Å². The first-order valence-electron chi connectivity index (χ1n) is 11.1. The van der Waals surface area contributed by atoms with Gasteiger partial charge in [0.2, 0.25) is 5.91 Å². The fraction of sp³-hybridized carbons (Fsp3) is 0.360. The molecule has 0 bridgehead atoms. The number of carbonyl (C=O) groups excluding carboxylic acids is 3. The van der Waals surface area contributed by atoms with Gasteiger partial charge in [-0.3, -0.25) is 10.1 Å². The van der Waals surface area contributed by atoms with E-state index in [-0.39, 0.29) is 25.2 Å². The summed E-state index contributed by atoms with van der Waals surface area (Å²) in [5.74, 6) is -1.61. The Hall–Kier alpha value is -4.12. The molecule has 0 saturated heterocycles. The molecule has 0 spiro atoms. The quantitative estimate of drug-likeness (QED) is 0.360. The summed E-state index contributed by atoms with van der Waals surface area (Å²) < 4.78 is 15.1. The van der Waals surface area contributed by atoms with Crippen LogP contribution in [-0.4, -0.2) is 61.1 Å². The average Bonchev–Trinajstić information content (AvgIpc) is 2.79. The van der Waals surface area contributed by atoms with Crippen LogP contribution in [0.4, 0.5) is 21.0 Å². The van der Waals surface area contributed by atoms with Gasteiger partial charge in [0.15, 0.2) is 0 Å². The fourth-order valence-corrected chi connectivity index (χ4v) is 2.92. The second-order valence-corrected chi connectivity index (χ2v) is 8.73. The lowest BCUT2D eigenvalue weighted by molar-refractivity contribution is -0.118. The number of aromatic carboxylic acids is 1. The predicted octanol–water partition coefficient (Wildman–Crippen LogP) is 3.65. The number of amides is 3. The molecule has 0 unspecified atom stereocenters. The maximum absolute atomic E-state index is 13.0. The summed E-state index contributed by atoms with van der Waals surface area (Å²) in [6.07, 6.45) is -1.27. The Balaban J connectivity index is 2.10. The Morgan fingerprint density at radius 2 is 1.44 bits per heavy atom. The van der Waals surface area contributed by atoms with Gasteiger partial charge >= 0.3 is 18.2 Å². The zero-order valence-corrected chi connectivity index (χ0v) is 20.6. The van der Waals surface area contributed by atoms with Gasteiger partial charge in [0.05, 0.1) is 12.2 Å². The minimum absolute atomic E-state index is 0.0766. The van der Waals surface area contributed by atoms with E-state index in [1.54, 1.807) is 45.0 Å². The Morgan fingerprint density at radius 3 is 2.00 bits per heavy atom. The molecule has 0 aromatic heterocycles. The molecule has 11 heteroatoms. The summed E-state index contributed by atoms with van der Waals surface area (Å²) in [5.41, 5.74) is 0.870. The number of rotatable bonds is 10. The molecule has 0 aliphatic carbocycles. The van der Waals surface area contributed by atoms with Crippen molar-refractivity contribution in [3.8, 4) is 0 Å². The van der Waals surface area contributed by atoms with Gasteiger partial charge in [-0.2, -0.15) is 0 Å². The summed E-state index contributed by atoms with van der Waals surface area (Å²) in [7, 11) is 1.50. The number of hydrogen-bond donors (Lipinski definition) is 4. The second kappa shape index (κ2) is 13.1. The number of ether oxygens (including phenoxy) is 3. The molecular weight excluding hydrogens is 470 g/mol. The van der Waals surface area contributed by atoms with E-state index in [0.717, 1.165) is 0 Å². The number of carboxylic acid groups (broad SMARTS) is 1. The summed E-state index contributed by atoms with van der Waals surface area (Å²) in [6, 6.07) is 11.3. The van der Waals surface area contributed by atoms with E-state index >= 15 is 0 Å². The lowest BCUT2D eigenvalue weighted by Gasteiger charge is -2.23. The molecule has 0 heterocycles. The van der Waals surface area contributed by atoms with Crippen LogP contribution >= 0.6 is 0 Å². The highest BCUT2D eigenvalue weighted by Gasteiger charge is 2.25. The Kier molecular flexibility index (Phi) is 10.2. The van der Waals surface area contributed by atoms with Gasteiger partial charge in [0, 0.05) is 24.9 Å². The van der Waals surface area contributed by atoms with Crippen LogP contribution in [0.2, 0.25) is 0 Å². The van der Waals surface area contributed by atoms with Crippen LogP contribution in [0.3, 0.4) is 0 Å². The largest absolute Gasteiger partial charge is 0.478 e. The molecule has 0 radical (unpaired) electrons. The van der Waals surface area contributed by atoms with Gasteiger partial charge in [-0.05, 0) is 62.7 Å². The number of hydrogen-bond acceptors (Lipinski definition) is 7. The maximum Gasteiger partial charge on any atom is 0.411 e. The molecule has 1 atom stereocenters. The Morgan fingerprint density at radius 1 is 0.861 bits per heavy atom. The Labute approximate surface area is 209 Å². The third-order valence-corrected chi connectivity index (χ3v) is 4.57. The molecule has 0 saturated carbocycles. The summed E-state index contributed by atoms with van der Waals surface area (Å²) in [4.78, 5) is 48.2. The summed E-state index contributed by atoms with van der Waals surface area (Å²) >= 11 is 0.